The summed E-state index contributed by atoms with van der Waals surface area (Å²) in [5.41, 5.74) is -0.733. The quantitative estimate of drug-likeness (QED) is 0.617. The minimum absolute atomic E-state index is 0.125. The summed E-state index contributed by atoms with van der Waals surface area (Å²) in [5, 5.41) is 9.97. The van der Waals surface area contributed by atoms with Gasteiger partial charge in [-0.15, -0.1) is 0 Å². The van der Waals surface area contributed by atoms with E-state index in [0.717, 1.165) is 19.4 Å². The van der Waals surface area contributed by atoms with E-state index in [1.807, 2.05) is 4.90 Å². The van der Waals surface area contributed by atoms with Crippen LogP contribution < -0.4 is 0 Å². The van der Waals surface area contributed by atoms with Crippen molar-refractivity contribution in [2.75, 3.05) is 20.1 Å². The van der Waals surface area contributed by atoms with Gasteiger partial charge >= 0.3 is 0 Å². The molecule has 0 aromatic heterocycles. The number of aliphatic hydroxyl groups is 1. The predicted molar refractivity (Wildman–Crippen MR) is 57.6 cm³/mol. The van der Waals surface area contributed by atoms with Crippen LogP contribution >= 0.6 is 0 Å². The maximum absolute atomic E-state index is 11.8. The molecule has 1 N–H and O–H groups in total. The first kappa shape index (κ1) is 11.5. The Labute approximate surface area is 95.0 Å². The van der Waals surface area contributed by atoms with Crippen LogP contribution in [-0.4, -0.2) is 58.5 Å². The molecule has 0 radical (unpaired) electrons. The van der Waals surface area contributed by atoms with Crippen LogP contribution in [0, 0.1) is 0 Å². The van der Waals surface area contributed by atoms with Gasteiger partial charge in [0.15, 0.2) is 0 Å². The zero-order chi connectivity index (χ0) is 11.9. The van der Waals surface area contributed by atoms with Crippen LogP contribution in [0.2, 0.25) is 0 Å². The molecule has 0 spiro atoms. The van der Waals surface area contributed by atoms with Crippen molar-refractivity contribution in [2.24, 2.45) is 0 Å². The van der Waals surface area contributed by atoms with Crippen molar-refractivity contribution in [3.05, 3.63) is 0 Å². The number of rotatable bonds is 1. The topological polar surface area (TPSA) is 60.9 Å². The molecular formula is C11H18N2O3. The summed E-state index contributed by atoms with van der Waals surface area (Å²) in [6.45, 7) is 3.04. The van der Waals surface area contributed by atoms with Crippen molar-refractivity contribution in [2.45, 2.75) is 37.8 Å². The Balaban J connectivity index is 2.08. The lowest BCUT2D eigenvalue weighted by Crippen LogP contribution is -2.52. The highest BCUT2D eigenvalue weighted by atomic mass is 16.3. The first-order valence-electron chi connectivity index (χ1n) is 5.67. The summed E-state index contributed by atoms with van der Waals surface area (Å²) in [7, 11) is 1.52. The van der Waals surface area contributed by atoms with Crippen molar-refractivity contribution < 1.29 is 14.7 Å². The van der Waals surface area contributed by atoms with E-state index in [1.165, 1.54) is 11.9 Å². The van der Waals surface area contributed by atoms with E-state index in [0.29, 0.717) is 6.54 Å². The van der Waals surface area contributed by atoms with Crippen molar-refractivity contribution >= 4 is 11.8 Å². The van der Waals surface area contributed by atoms with Crippen LogP contribution in [0.1, 0.15) is 26.2 Å². The number of hydrogen-bond donors (Lipinski definition) is 1. The fourth-order valence-corrected chi connectivity index (χ4v) is 2.55. The number of amides is 2. The van der Waals surface area contributed by atoms with Gasteiger partial charge in [0.2, 0.25) is 11.8 Å². The molecule has 2 rings (SSSR count). The molecule has 0 aliphatic carbocycles. The molecule has 2 unspecified atom stereocenters. The van der Waals surface area contributed by atoms with Gasteiger partial charge in [-0.05, 0) is 26.3 Å². The Morgan fingerprint density at radius 1 is 1.44 bits per heavy atom. The summed E-state index contributed by atoms with van der Waals surface area (Å²) < 4.78 is 0. The lowest BCUT2D eigenvalue weighted by molar-refractivity contribution is -0.138. The number of piperidine rings is 1. The van der Waals surface area contributed by atoms with Gasteiger partial charge in [-0.25, -0.2) is 0 Å². The van der Waals surface area contributed by atoms with Crippen molar-refractivity contribution in [3.63, 3.8) is 0 Å². The number of likely N-dealkylation sites (N-methyl/N-ethyl adjacent to an activating group) is 1. The van der Waals surface area contributed by atoms with E-state index in [4.69, 9.17) is 0 Å². The first-order chi connectivity index (χ1) is 7.41. The summed E-state index contributed by atoms with van der Waals surface area (Å²) in [6, 6.07) is -0.357. The lowest BCUT2D eigenvalue weighted by Gasteiger charge is -2.39. The molecule has 0 bridgehead atoms. The van der Waals surface area contributed by atoms with Crippen LogP contribution in [0.25, 0.3) is 0 Å². The SMILES string of the molecule is CN1C(=O)CC(N2CCCC(C)(O)C2)C1=O. The summed E-state index contributed by atoms with van der Waals surface area (Å²) in [5.74, 6) is -0.261. The average Bonchev–Trinajstić information content (AvgIpc) is 2.45. The molecular weight excluding hydrogens is 208 g/mol. The Hall–Kier alpha value is -0.940. The molecule has 2 fully saturated rings. The van der Waals surface area contributed by atoms with Gasteiger partial charge in [-0.1, -0.05) is 0 Å². The molecule has 0 aromatic carbocycles. The highest BCUT2D eigenvalue weighted by Gasteiger charge is 2.42. The number of nitrogens with zero attached hydrogens (tertiary/aromatic N) is 2. The molecule has 5 nitrogen and oxygen atoms in total. The third kappa shape index (κ3) is 1.97. The van der Waals surface area contributed by atoms with Crippen LogP contribution in [0.3, 0.4) is 0 Å². The van der Waals surface area contributed by atoms with Crippen molar-refractivity contribution in [1.29, 1.82) is 0 Å². The highest BCUT2D eigenvalue weighted by molar-refractivity contribution is 6.05. The first-order valence-corrected chi connectivity index (χ1v) is 5.67. The summed E-state index contributed by atoms with van der Waals surface area (Å²) in [6.07, 6.45) is 1.88. The monoisotopic (exact) mass is 226 g/mol. The molecule has 2 atom stereocenters. The highest BCUT2D eigenvalue weighted by Crippen LogP contribution is 2.26. The molecule has 2 aliphatic heterocycles. The fraction of sp³-hybridized carbons (Fsp3) is 0.818. The van der Waals surface area contributed by atoms with Crippen LogP contribution in [0.15, 0.2) is 0 Å². The second-order valence-electron chi connectivity index (χ2n) is 5.08. The van der Waals surface area contributed by atoms with E-state index in [2.05, 4.69) is 0 Å². The molecule has 2 amide bonds. The number of imide groups is 1. The van der Waals surface area contributed by atoms with Gasteiger partial charge < -0.3 is 5.11 Å². The van der Waals surface area contributed by atoms with E-state index in [-0.39, 0.29) is 24.3 Å². The van der Waals surface area contributed by atoms with Gasteiger partial charge in [0, 0.05) is 13.6 Å². The van der Waals surface area contributed by atoms with Crippen molar-refractivity contribution in [3.8, 4) is 0 Å². The lowest BCUT2D eigenvalue weighted by atomic mass is 9.93. The number of β-amino-alcohol motifs (C(OH)–C–C–N with tert-alkyl or cyclic N) is 1. The number of carbonyl (C=O) groups excluding carboxylic acids is 2. The van der Waals surface area contributed by atoms with Crippen LogP contribution in [-0.2, 0) is 9.59 Å². The van der Waals surface area contributed by atoms with E-state index < -0.39 is 5.60 Å². The van der Waals surface area contributed by atoms with Gasteiger partial charge in [0.25, 0.3) is 0 Å². The van der Waals surface area contributed by atoms with E-state index in [1.54, 1.807) is 6.92 Å². The molecule has 2 saturated heterocycles. The van der Waals surface area contributed by atoms with Crippen LogP contribution in [0.5, 0.6) is 0 Å². The maximum Gasteiger partial charge on any atom is 0.246 e. The number of carbonyl (C=O) groups is 2. The number of likely N-dealkylation sites (tertiary alicyclic amines) is 2. The third-order valence-corrected chi connectivity index (χ3v) is 3.50. The largest absolute Gasteiger partial charge is 0.389 e. The molecule has 0 saturated carbocycles. The number of hydrogen-bond acceptors (Lipinski definition) is 4. The minimum Gasteiger partial charge on any atom is -0.389 e. The van der Waals surface area contributed by atoms with Crippen LogP contribution in [0.4, 0.5) is 0 Å². The predicted octanol–water partition coefficient (Wildman–Crippen LogP) is -0.409. The van der Waals surface area contributed by atoms with E-state index >= 15 is 0 Å². The molecule has 0 aromatic rings. The molecule has 2 heterocycles. The zero-order valence-corrected chi connectivity index (χ0v) is 9.77. The van der Waals surface area contributed by atoms with Crippen molar-refractivity contribution in [1.82, 2.24) is 9.80 Å². The Morgan fingerprint density at radius 2 is 2.12 bits per heavy atom. The molecule has 16 heavy (non-hydrogen) atoms. The minimum atomic E-state index is -0.733. The summed E-state index contributed by atoms with van der Waals surface area (Å²) >= 11 is 0. The molecule has 90 valence electrons. The average molecular weight is 226 g/mol. The smallest absolute Gasteiger partial charge is 0.246 e. The van der Waals surface area contributed by atoms with Gasteiger partial charge in [-0.2, -0.15) is 0 Å². The summed E-state index contributed by atoms with van der Waals surface area (Å²) in [4.78, 5) is 26.3. The second-order valence-corrected chi connectivity index (χ2v) is 5.08. The Bertz CT molecular complexity index is 327. The molecule has 5 heteroatoms. The maximum atomic E-state index is 11.8. The third-order valence-electron chi connectivity index (χ3n) is 3.50. The van der Waals surface area contributed by atoms with Gasteiger partial charge in [-0.3, -0.25) is 19.4 Å². The van der Waals surface area contributed by atoms with E-state index in [9.17, 15) is 14.7 Å². The normalized spacial score (nSPS) is 37.2. The standard InChI is InChI=1S/C11H18N2O3/c1-11(16)4-3-5-13(7-11)8-6-9(14)12(2)10(8)15/h8,16H,3-7H2,1-2H3. The zero-order valence-electron chi connectivity index (χ0n) is 9.77. The fourth-order valence-electron chi connectivity index (χ4n) is 2.55. The molecule has 2 aliphatic rings. The Morgan fingerprint density at radius 3 is 2.62 bits per heavy atom. The second kappa shape index (κ2) is 3.82. The Kier molecular flexibility index (Phi) is 2.75. The van der Waals surface area contributed by atoms with Gasteiger partial charge in [0.05, 0.1) is 18.1 Å². The van der Waals surface area contributed by atoms with Gasteiger partial charge in [0.1, 0.15) is 0 Å².